The molecule has 3 heterocycles. The van der Waals surface area contributed by atoms with Gasteiger partial charge in [-0.25, -0.2) is 4.98 Å². The third-order valence-corrected chi connectivity index (χ3v) is 5.47. The number of hydrogen-bond donors (Lipinski definition) is 3. The van der Waals surface area contributed by atoms with E-state index in [2.05, 4.69) is 35.7 Å². The van der Waals surface area contributed by atoms with Crippen molar-refractivity contribution in [2.75, 3.05) is 13.1 Å². The molecular weight excluding hydrogens is 358 g/mol. The van der Waals surface area contributed by atoms with E-state index in [9.17, 15) is 9.59 Å². The topological polar surface area (TPSA) is 116 Å². The van der Waals surface area contributed by atoms with Crippen LogP contribution in [0.15, 0.2) is 24.5 Å². The van der Waals surface area contributed by atoms with Crippen LogP contribution in [-0.4, -0.2) is 62.1 Å². The lowest BCUT2D eigenvalue weighted by atomic mass is 10.0. The Labute approximate surface area is 163 Å². The van der Waals surface area contributed by atoms with Crippen LogP contribution in [0.2, 0.25) is 0 Å². The molecule has 0 radical (unpaired) electrons. The molecule has 1 unspecified atom stereocenters. The lowest BCUT2D eigenvalue weighted by molar-refractivity contribution is -0.135. The van der Waals surface area contributed by atoms with Crippen molar-refractivity contribution in [3.63, 3.8) is 0 Å². The number of carbonyl (C=O) groups excluding carboxylic acids is 2. The Morgan fingerprint density at radius 1 is 1.25 bits per heavy atom. The predicted molar refractivity (Wildman–Crippen MR) is 102 cm³/mol. The first kappa shape index (κ1) is 18.5. The summed E-state index contributed by atoms with van der Waals surface area (Å²) in [5.74, 6) is 0.923. The Hall–Kier alpha value is -2.81. The molecule has 4 rings (SSSR count). The average Bonchev–Trinajstić information content (AvgIpc) is 3.41. The fraction of sp³-hybridized carbons (Fsp3) is 0.526. The molecule has 1 atom stereocenters. The summed E-state index contributed by atoms with van der Waals surface area (Å²) in [6, 6.07) is 3.68. The first-order valence-electron chi connectivity index (χ1n) is 9.82. The number of piperazine rings is 1. The minimum atomic E-state index is -0.390. The molecule has 28 heavy (non-hydrogen) atoms. The number of hydrogen-bond acceptors (Lipinski definition) is 6. The van der Waals surface area contributed by atoms with E-state index < -0.39 is 0 Å². The summed E-state index contributed by atoms with van der Waals surface area (Å²) >= 11 is 0. The lowest BCUT2D eigenvalue weighted by Crippen LogP contribution is -2.59. The number of carbonyl (C=O) groups is 2. The number of aromatic amines is 1. The molecule has 2 aliphatic rings. The van der Waals surface area contributed by atoms with E-state index >= 15 is 0 Å². The van der Waals surface area contributed by atoms with Crippen molar-refractivity contribution in [2.45, 2.75) is 50.7 Å². The predicted octanol–water partition coefficient (Wildman–Crippen LogP) is 0.616. The Bertz CT molecular complexity index is 817. The highest BCUT2D eigenvalue weighted by molar-refractivity contribution is 5.88. The Kier molecular flexibility index (Phi) is 5.61. The van der Waals surface area contributed by atoms with Crippen LogP contribution in [0.1, 0.15) is 37.9 Å². The van der Waals surface area contributed by atoms with E-state index in [1.54, 1.807) is 12.4 Å². The van der Waals surface area contributed by atoms with Crippen LogP contribution in [0.4, 0.5) is 0 Å². The fourth-order valence-corrected chi connectivity index (χ4v) is 4.05. The van der Waals surface area contributed by atoms with E-state index in [4.69, 9.17) is 0 Å². The third kappa shape index (κ3) is 4.19. The average molecular weight is 383 g/mol. The zero-order valence-corrected chi connectivity index (χ0v) is 15.7. The smallest absolute Gasteiger partial charge is 0.237 e. The molecule has 2 aromatic heterocycles. The third-order valence-electron chi connectivity index (χ3n) is 5.47. The van der Waals surface area contributed by atoms with Gasteiger partial charge in [-0.1, -0.05) is 12.8 Å². The van der Waals surface area contributed by atoms with Crippen molar-refractivity contribution in [1.82, 2.24) is 35.7 Å². The van der Waals surface area contributed by atoms with Gasteiger partial charge in [0.25, 0.3) is 0 Å². The van der Waals surface area contributed by atoms with Crippen LogP contribution in [0, 0.1) is 0 Å². The summed E-state index contributed by atoms with van der Waals surface area (Å²) in [5, 5.41) is 12.8. The van der Waals surface area contributed by atoms with Gasteiger partial charge in [0.05, 0.1) is 19.0 Å². The minimum Gasteiger partial charge on any atom is -0.353 e. The van der Waals surface area contributed by atoms with Crippen LogP contribution in [0.5, 0.6) is 0 Å². The number of pyridine rings is 1. The standard InChI is InChI=1S/C19H25N7O2/c27-17(11-15-19(28)21-9-10-26(15)14-3-1-2-4-14)22-12-16-23-18(25-24-16)13-5-7-20-8-6-13/h5-8,14-15H,1-4,9-12H2,(H,21,28)(H,22,27)(H,23,24,25). The summed E-state index contributed by atoms with van der Waals surface area (Å²) in [6.07, 6.45) is 8.15. The second kappa shape index (κ2) is 8.47. The van der Waals surface area contributed by atoms with Gasteiger partial charge in [0, 0.05) is 37.1 Å². The molecule has 0 aromatic carbocycles. The van der Waals surface area contributed by atoms with Gasteiger partial charge in [-0.15, -0.1) is 0 Å². The summed E-state index contributed by atoms with van der Waals surface area (Å²) in [5.41, 5.74) is 0.856. The molecule has 9 nitrogen and oxygen atoms in total. The zero-order chi connectivity index (χ0) is 19.3. The quantitative estimate of drug-likeness (QED) is 0.673. The number of rotatable bonds is 6. The number of nitrogens with zero attached hydrogens (tertiary/aromatic N) is 4. The molecule has 1 saturated heterocycles. The first-order valence-corrected chi connectivity index (χ1v) is 9.82. The molecule has 2 aromatic rings. The number of amides is 2. The molecule has 2 amide bonds. The van der Waals surface area contributed by atoms with E-state index in [0.717, 1.165) is 24.9 Å². The van der Waals surface area contributed by atoms with Gasteiger partial charge in [-0.3, -0.25) is 24.6 Å². The molecule has 0 bridgehead atoms. The molecule has 1 saturated carbocycles. The SMILES string of the molecule is O=C(CC1C(=O)NCCN1C1CCCC1)NCc1nc(-c2ccncc2)n[nH]1. The molecular formula is C19H25N7O2. The Morgan fingerprint density at radius 2 is 2.04 bits per heavy atom. The van der Waals surface area contributed by atoms with Crippen LogP contribution >= 0.6 is 0 Å². The first-order chi connectivity index (χ1) is 13.7. The van der Waals surface area contributed by atoms with Crippen LogP contribution in [0.3, 0.4) is 0 Å². The highest BCUT2D eigenvalue weighted by atomic mass is 16.2. The molecule has 2 fully saturated rings. The van der Waals surface area contributed by atoms with Crippen molar-refractivity contribution in [2.24, 2.45) is 0 Å². The molecule has 9 heteroatoms. The Balaban J connectivity index is 1.33. The van der Waals surface area contributed by atoms with Crippen LogP contribution in [-0.2, 0) is 16.1 Å². The number of aromatic nitrogens is 4. The molecule has 148 valence electrons. The number of nitrogens with one attached hydrogen (secondary N) is 3. The van der Waals surface area contributed by atoms with E-state index in [1.165, 1.54) is 12.8 Å². The molecule has 1 aliphatic heterocycles. The van der Waals surface area contributed by atoms with Gasteiger partial charge in [-0.05, 0) is 25.0 Å². The van der Waals surface area contributed by atoms with Crippen molar-refractivity contribution >= 4 is 11.8 Å². The van der Waals surface area contributed by atoms with Crippen LogP contribution in [0.25, 0.3) is 11.4 Å². The Morgan fingerprint density at radius 3 is 2.82 bits per heavy atom. The highest BCUT2D eigenvalue weighted by Crippen LogP contribution is 2.26. The largest absolute Gasteiger partial charge is 0.353 e. The normalized spacial score (nSPS) is 20.9. The van der Waals surface area contributed by atoms with Gasteiger partial charge >= 0.3 is 0 Å². The second-order valence-electron chi connectivity index (χ2n) is 7.31. The van der Waals surface area contributed by atoms with E-state index in [0.29, 0.717) is 24.2 Å². The van der Waals surface area contributed by atoms with E-state index in [-0.39, 0.29) is 30.8 Å². The minimum absolute atomic E-state index is 0.0482. The zero-order valence-electron chi connectivity index (χ0n) is 15.7. The monoisotopic (exact) mass is 383 g/mol. The number of H-pyrrole nitrogens is 1. The lowest BCUT2D eigenvalue weighted by Gasteiger charge is -2.38. The van der Waals surface area contributed by atoms with Gasteiger partial charge < -0.3 is 10.6 Å². The van der Waals surface area contributed by atoms with Crippen molar-refractivity contribution < 1.29 is 9.59 Å². The molecule has 0 spiro atoms. The maximum atomic E-state index is 12.5. The fourth-order valence-electron chi connectivity index (χ4n) is 4.05. The summed E-state index contributed by atoms with van der Waals surface area (Å²) < 4.78 is 0. The maximum absolute atomic E-state index is 12.5. The van der Waals surface area contributed by atoms with E-state index in [1.807, 2.05) is 12.1 Å². The van der Waals surface area contributed by atoms with Gasteiger partial charge in [0.2, 0.25) is 11.8 Å². The summed E-state index contributed by atoms with van der Waals surface area (Å²) in [7, 11) is 0. The van der Waals surface area contributed by atoms with Crippen LogP contribution < -0.4 is 10.6 Å². The van der Waals surface area contributed by atoms with Crippen molar-refractivity contribution in [3.8, 4) is 11.4 Å². The van der Waals surface area contributed by atoms with Gasteiger partial charge in [0.1, 0.15) is 5.82 Å². The summed E-state index contributed by atoms with van der Waals surface area (Å²) in [6.45, 7) is 1.71. The molecule has 1 aliphatic carbocycles. The second-order valence-corrected chi connectivity index (χ2v) is 7.31. The highest BCUT2D eigenvalue weighted by Gasteiger charge is 2.36. The van der Waals surface area contributed by atoms with Gasteiger partial charge in [-0.2, -0.15) is 5.10 Å². The summed E-state index contributed by atoms with van der Waals surface area (Å²) in [4.78, 5) is 35.4. The van der Waals surface area contributed by atoms with Crippen molar-refractivity contribution in [1.29, 1.82) is 0 Å². The van der Waals surface area contributed by atoms with Gasteiger partial charge in [0.15, 0.2) is 5.82 Å². The molecule has 3 N–H and O–H groups in total. The maximum Gasteiger partial charge on any atom is 0.237 e. The van der Waals surface area contributed by atoms with Crippen molar-refractivity contribution in [3.05, 3.63) is 30.4 Å².